The van der Waals surface area contributed by atoms with Gasteiger partial charge in [0, 0.05) is 6.54 Å². The summed E-state index contributed by atoms with van der Waals surface area (Å²) in [4.78, 5) is 14.4. The summed E-state index contributed by atoms with van der Waals surface area (Å²) >= 11 is 0. The Hall–Kier alpha value is -4.01. The first-order chi connectivity index (χ1) is 14.5. The number of allylic oxidation sites excluding steroid dienone is 1. The van der Waals surface area contributed by atoms with Crippen molar-refractivity contribution in [3.05, 3.63) is 52.8 Å². The Labute approximate surface area is 173 Å². The van der Waals surface area contributed by atoms with Crippen molar-refractivity contribution in [2.24, 2.45) is 0 Å². The quantitative estimate of drug-likeness (QED) is 0.552. The molecule has 0 aliphatic carbocycles. The number of aromatic hydroxyl groups is 1. The number of phenols is 1. The highest BCUT2D eigenvalue weighted by molar-refractivity contribution is 6.15. The molecule has 0 saturated heterocycles. The topological polar surface area (TPSA) is 116 Å². The summed E-state index contributed by atoms with van der Waals surface area (Å²) in [5, 5.41) is 28.2. The van der Waals surface area contributed by atoms with Crippen LogP contribution in [0.15, 0.2) is 36.1 Å². The lowest BCUT2D eigenvalue weighted by Gasteiger charge is -2.17. The van der Waals surface area contributed by atoms with Crippen LogP contribution in [0.2, 0.25) is 0 Å². The van der Waals surface area contributed by atoms with Crippen molar-refractivity contribution < 1.29 is 24.1 Å². The van der Waals surface area contributed by atoms with Crippen molar-refractivity contribution in [3.63, 3.8) is 0 Å². The fourth-order valence-electron chi connectivity index (χ4n) is 3.13. The van der Waals surface area contributed by atoms with Crippen LogP contribution in [0, 0.1) is 22.7 Å². The number of hydrogen-bond acceptors (Lipinski definition) is 8. The molecule has 0 saturated carbocycles. The second kappa shape index (κ2) is 8.99. The molecule has 8 heteroatoms. The first kappa shape index (κ1) is 20.7. The van der Waals surface area contributed by atoms with Gasteiger partial charge >= 0.3 is 0 Å². The van der Waals surface area contributed by atoms with Gasteiger partial charge in [0.1, 0.15) is 11.5 Å². The molecule has 0 fully saturated rings. The Morgan fingerprint density at radius 2 is 1.80 bits per heavy atom. The van der Waals surface area contributed by atoms with Crippen molar-refractivity contribution in [3.8, 4) is 35.1 Å². The molecule has 152 valence electrons. The van der Waals surface area contributed by atoms with E-state index < -0.39 is 0 Å². The second-order valence-electron chi connectivity index (χ2n) is 6.46. The normalized spacial score (nSPS) is 13.5. The minimum Gasteiger partial charge on any atom is -0.507 e. The zero-order chi connectivity index (χ0) is 21.7. The molecule has 2 aromatic carbocycles. The van der Waals surface area contributed by atoms with Gasteiger partial charge in [0.25, 0.3) is 0 Å². The molecule has 0 atom stereocenters. The highest BCUT2D eigenvalue weighted by atomic mass is 16.5. The summed E-state index contributed by atoms with van der Waals surface area (Å²) in [5.41, 5.74) is 1.33. The third kappa shape index (κ3) is 4.04. The molecule has 0 unspecified atom stereocenters. The van der Waals surface area contributed by atoms with E-state index in [0.29, 0.717) is 28.2 Å². The zero-order valence-corrected chi connectivity index (χ0v) is 16.5. The van der Waals surface area contributed by atoms with Gasteiger partial charge in [-0.05, 0) is 35.9 Å². The molecule has 30 heavy (non-hydrogen) atoms. The van der Waals surface area contributed by atoms with Crippen LogP contribution in [0.5, 0.6) is 23.0 Å². The predicted octanol–water partition coefficient (Wildman–Crippen LogP) is 2.87. The highest BCUT2D eigenvalue weighted by Crippen LogP contribution is 2.40. The molecule has 0 aromatic heterocycles. The number of ether oxygens (including phenoxy) is 3. The fourth-order valence-corrected chi connectivity index (χ4v) is 3.13. The largest absolute Gasteiger partial charge is 0.507 e. The van der Waals surface area contributed by atoms with Crippen LogP contribution in [0.4, 0.5) is 0 Å². The first-order valence-corrected chi connectivity index (χ1v) is 8.99. The number of carbonyl (C=O) groups is 1. The SMILES string of the molecule is COc1ccc(C=C2Oc3c(ccc(O)c3CN(CC#N)CC#N)C2=O)cc1OC. The molecule has 8 nitrogen and oxygen atoms in total. The second-order valence-corrected chi connectivity index (χ2v) is 6.46. The maximum absolute atomic E-state index is 12.8. The average Bonchev–Trinajstić information content (AvgIpc) is 3.06. The van der Waals surface area contributed by atoms with E-state index in [1.165, 1.54) is 26.4 Å². The van der Waals surface area contributed by atoms with Crippen molar-refractivity contribution in [2.45, 2.75) is 6.54 Å². The molecule has 2 aromatic rings. The molecule has 1 N–H and O–H groups in total. The monoisotopic (exact) mass is 405 g/mol. The van der Waals surface area contributed by atoms with Crippen LogP contribution in [0.25, 0.3) is 6.08 Å². The van der Waals surface area contributed by atoms with Crippen LogP contribution in [0.3, 0.4) is 0 Å². The van der Waals surface area contributed by atoms with E-state index in [0.717, 1.165) is 0 Å². The number of benzene rings is 2. The molecule has 1 heterocycles. The minimum atomic E-state index is -0.326. The van der Waals surface area contributed by atoms with Gasteiger partial charge < -0.3 is 19.3 Å². The number of rotatable bonds is 7. The van der Waals surface area contributed by atoms with Gasteiger partial charge in [-0.1, -0.05) is 6.07 Å². The number of phenolic OH excluding ortho intramolecular Hbond substituents is 1. The minimum absolute atomic E-state index is 0.00104. The van der Waals surface area contributed by atoms with Crippen LogP contribution in [0.1, 0.15) is 21.5 Å². The van der Waals surface area contributed by atoms with Gasteiger partial charge in [0.15, 0.2) is 17.3 Å². The summed E-state index contributed by atoms with van der Waals surface area (Å²) in [6.45, 7) is 0.0882. The van der Waals surface area contributed by atoms with Crippen molar-refractivity contribution in [1.82, 2.24) is 4.90 Å². The summed E-state index contributed by atoms with van der Waals surface area (Å²) in [6, 6.07) is 12.1. The molecule has 0 bridgehead atoms. The highest BCUT2D eigenvalue weighted by Gasteiger charge is 2.31. The maximum atomic E-state index is 12.8. The molecule has 0 radical (unpaired) electrons. The van der Waals surface area contributed by atoms with Crippen molar-refractivity contribution in [2.75, 3.05) is 27.3 Å². The van der Waals surface area contributed by atoms with Gasteiger partial charge in [-0.25, -0.2) is 0 Å². The number of carbonyl (C=O) groups excluding carboxylic acids is 1. The lowest BCUT2D eigenvalue weighted by atomic mass is 10.0. The molecule has 3 rings (SSSR count). The summed E-state index contributed by atoms with van der Waals surface area (Å²) in [6.07, 6.45) is 1.58. The number of methoxy groups -OCH3 is 2. The van der Waals surface area contributed by atoms with E-state index in [1.807, 2.05) is 12.1 Å². The van der Waals surface area contributed by atoms with Crippen LogP contribution in [-0.2, 0) is 6.54 Å². The van der Waals surface area contributed by atoms with E-state index in [9.17, 15) is 9.90 Å². The third-order valence-corrected chi connectivity index (χ3v) is 4.59. The van der Waals surface area contributed by atoms with E-state index in [-0.39, 0.29) is 42.7 Å². The lowest BCUT2D eigenvalue weighted by Crippen LogP contribution is -2.24. The molecular formula is C22H19N3O5. The van der Waals surface area contributed by atoms with Crippen LogP contribution in [-0.4, -0.2) is 43.1 Å². The smallest absolute Gasteiger partial charge is 0.231 e. The van der Waals surface area contributed by atoms with Gasteiger partial charge in [0.2, 0.25) is 5.78 Å². The Morgan fingerprint density at radius 3 is 2.43 bits per heavy atom. The van der Waals surface area contributed by atoms with Crippen molar-refractivity contribution in [1.29, 1.82) is 10.5 Å². The van der Waals surface area contributed by atoms with Gasteiger partial charge in [-0.3, -0.25) is 9.69 Å². The number of nitrogens with zero attached hydrogens (tertiary/aromatic N) is 3. The molecule has 1 aliphatic heterocycles. The Kier molecular flexibility index (Phi) is 6.21. The molecular weight excluding hydrogens is 386 g/mol. The summed E-state index contributed by atoms with van der Waals surface area (Å²) in [5.74, 6) is 0.993. The fraction of sp³-hybridized carbons (Fsp3) is 0.227. The van der Waals surface area contributed by atoms with E-state index in [1.54, 1.807) is 29.2 Å². The van der Waals surface area contributed by atoms with E-state index in [2.05, 4.69) is 0 Å². The van der Waals surface area contributed by atoms with Crippen LogP contribution < -0.4 is 14.2 Å². The maximum Gasteiger partial charge on any atom is 0.231 e. The Bertz CT molecular complexity index is 1080. The van der Waals surface area contributed by atoms with E-state index >= 15 is 0 Å². The standard InChI is InChI=1S/C22H19N3O5/c1-28-18-6-3-14(11-19(18)29-2)12-20-21(27)15-4-5-17(26)16(22(15)30-20)13-25(9-7-23)10-8-24/h3-6,11-12,26H,9-10,13H2,1-2H3. The number of fused-ring (bicyclic) bond motifs is 1. The average molecular weight is 405 g/mol. The third-order valence-electron chi connectivity index (χ3n) is 4.59. The number of nitriles is 2. The van der Waals surface area contributed by atoms with Gasteiger partial charge in [0.05, 0.1) is 50.6 Å². The Morgan fingerprint density at radius 1 is 1.10 bits per heavy atom. The lowest BCUT2D eigenvalue weighted by molar-refractivity contribution is 0.101. The Balaban J connectivity index is 1.96. The summed E-state index contributed by atoms with van der Waals surface area (Å²) < 4.78 is 16.3. The van der Waals surface area contributed by atoms with Crippen molar-refractivity contribution >= 4 is 11.9 Å². The molecule has 0 amide bonds. The first-order valence-electron chi connectivity index (χ1n) is 8.99. The van der Waals surface area contributed by atoms with Gasteiger partial charge in [-0.2, -0.15) is 10.5 Å². The number of Topliss-reactive ketones (excluding diaryl/α,β-unsaturated/α-hetero) is 1. The number of hydrogen-bond donors (Lipinski definition) is 1. The summed E-state index contributed by atoms with van der Waals surface area (Å²) in [7, 11) is 3.05. The molecule has 1 aliphatic rings. The van der Waals surface area contributed by atoms with Crippen LogP contribution >= 0.6 is 0 Å². The predicted molar refractivity (Wildman–Crippen MR) is 107 cm³/mol. The molecule has 0 spiro atoms. The van der Waals surface area contributed by atoms with E-state index in [4.69, 9.17) is 24.7 Å². The number of ketones is 1. The van der Waals surface area contributed by atoms with Gasteiger partial charge in [-0.15, -0.1) is 0 Å². The zero-order valence-electron chi connectivity index (χ0n) is 16.5.